The van der Waals surface area contributed by atoms with Crippen LogP contribution < -0.4 is 0 Å². The Balaban J connectivity index is 1.31. The van der Waals surface area contributed by atoms with E-state index in [2.05, 4.69) is 56.9 Å². The molecular weight excluding hydrogens is 765 g/mol. The first-order valence-corrected chi connectivity index (χ1v) is 25.6. The predicted octanol–water partition coefficient (Wildman–Crippen LogP) is 10.5. The molecule has 248 valence electrons. The summed E-state index contributed by atoms with van der Waals surface area (Å²) in [5.74, 6) is 2.02. The van der Waals surface area contributed by atoms with E-state index in [1.54, 1.807) is 62.0 Å². The highest BCUT2D eigenvalue weighted by molar-refractivity contribution is 9.41. The largest absolute Gasteiger partial charge is 0.353 e. The fraction of sp³-hybridized carbons (Fsp3) is 0.533. The maximum absolute atomic E-state index is 5.97. The molecule has 0 amide bonds. The first-order chi connectivity index (χ1) is 22.5. The van der Waals surface area contributed by atoms with Gasteiger partial charge in [0.25, 0.3) is 0 Å². The lowest BCUT2D eigenvalue weighted by Gasteiger charge is -2.29. The Kier molecular flexibility index (Phi) is 18.6. The van der Waals surface area contributed by atoms with E-state index in [1.165, 1.54) is 9.40 Å². The Bertz CT molecular complexity index is 1250. The van der Waals surface area contributed by atoms with E-state index in [4.69, 9.17) is 28.9 Å². The first kappa shape index (κ1) is 39.4. The van der Waals surface area contributed by atoms with Crippen molar-refractivity contribution in [3.05, 3.63) is 58.5 Å². The molecule has 0 fully saturated rings. The molecule has 0 saturated carbocycles. The molecule has 6 radical (unpaired) electrons. The fourth-order valence-electron chi connectivity index (χ4n) is 4.57. The molecular formula is C30H38N2O4S8Si2. The van der Waals surface area contributed by atoms with Crippen molar-refractivity contribution in [3.8, 4) is 0 Å². The van der Waals surface area contributed by atoms with Crippen molar-refractivity contribution in [1.29, 1.82) is 0 Å². The molecule has 4 aromatic rings. The van der Waals surface area contributed by atoms with Gasteiger partial charge in [-0.3, -0.25) is 0 Å². The smallest absolute Gasteiger partial charge is 0.157 e. The SMILES string of the molecule is CCOC(OCC)C([Si])C(CSSSSSSCC(c1nc2ccccc2s1)C([Si])C(OCC)OCC)c1nc2ccccc2s1. The van der Waals surface area contributed by atoms with Crippen molar-refractivity contribution in [2.24, 2.45) is 0 Å². The fourth-order valence-corrected chi connectivity index (χ4v) is 20.5. The van der Waals surface area contributed by atoms with Crippen LogP contribution in [0.5, 0.6) is 0 Å². The monoisotopic (exact) mass is 802 g/mol. The molecule has 0 spiro atoms. The van der Waals surface area contributed by atoms with E-state index in [-0.39, 0.29) is 35.5 Å². The average Bonchev–Trinajstić information content (AvgIpc) is 3.69. The van der Waals surface area contributed by atoms with Crippen LogP contribution in [0, 0.1) is 0 Å². The number of hydrogen-bond acceptors (Lipinski definition) is 14. The number of thiazole rings is 2. The highest BCUT2D eigenvalue weighted by Gasteiger charge is 2.32. The number of para-hydroxylation sites is 2. The summed E-state index contributed by atoms with van der Waals surface area (Å²) in [6, 6.07) is 16.6. The van der Waals surface area contributed by atoms with Crippen LogP contribution in [0.1, 0.15) is 49.5 Å². The zero-order chi connectivity index (χ0) is 32.7. The Morgan fingerprint density at radius 2 is 0.957 bits per heavy atom. The zero-order valence-electron chi connectivity index (χ0n) is 26.1. The van der Waals surface area contributed by atoms with Crippen molar-refractivity contribution < 1.29 is 18.9 Å². The Labute approximate surface area is 310 Å². The lowest BCUT2D eigenvalue weighted by atomic mass is 10.1. The number of fused-ring (bicyclic) bond motifs is 2. The summed E-state index contributed by atoms with van der Waals surface area (Å²) in [6.07, 6.45) is -0.676. The molecule has 6 nitrogen and oxygen atoms in total. The van der Waals surface area contributed by atoms with E-state index in [9.17, 15) is 0 Å². The molecule has 2 aromatic carbocycles. The minimum Gasteiger partial charge on any atom is -0.353 e. The summed E-state index contributed by atoms with van der Waals surface area (Å²) >= 11 is 3.51. The van der Waals surface area contributed by atoms with Gasteiger partial charge in [0.15, 0.2) is 12.6 Å². The molecule has 2 aromatic heterocycles. The van der Waals surface area contributed by atoms with Crippen LogP contribution in [-0.2, 0) is 18.9 Å². The van der Waals surface area contributed by atoms with Crippen LogP contribution in [0.2, 0.25) is 11.1 Å². The number of aromatic nitrogens is 2. The normalized spacial score (nSPS) is 14.9. The number of benzene rings is 2. The first-order valence-electron chi connectivity index (χ1n) is 15.0. The Morgan fingerprint density at radius 3 is 1.30 bits per heavy atom. The van der Waals surface area contributed by atoms with Crippen molar-refractivity contribution in [1.82, 2.24) is 9.97 Å². The quantitative estimate of drug-likeness (QED) is 0.0311. The summed E-state index contributed by atoms with van der Waals surface area (Å²) in [7, 11) is 18.9. The van der Waals surface area contributed by atoms with Crippen molar-refractivity contribution in [2.75, 3.05) is 37.9 Å². The lowest BCUT2D eigenvalue weighted by molar-refractivity contribution is -0.140. The molecule has 4 atom stereocenters. The van der Waals surface area contributed by atoms with E-state index in [0.29, 0.717) is 26.4 Å². The molecule has 0 aliphatic heterocycles. The second-order valence-corrected chi connectivity index (χ2v) is 22.8. The molecule has 4 rings (SSSR count). The van der Waals surface area contributed by atoms with Gasteiger partial charge >= 0.3 is 0 Å². The van der Waals surface area contributed by atoms with Gasteiger partial charge in [0.2, 0.25) is 0 Å². The van der Waals surface area contributed by atoms with Crippen molar-refractivity contribution in [2.45, 2.75) is 63.2 Å². The minimum atomic E-state index is -0.338. The molecule has 0 bridgehead atoms. The minimum absolute atomic E-state index is 0.0233. The third-order valence-corrected chi connectivity index (χ3v) is 21.4. The van der Waals surface area contributed by atoms with Crippen LogP contribution in [0.3, 0.4) is 0 Å². The second kappa shape index (κ2) is 21.7. The summed E-state index contributed by atoms with van der Waals surface area (Å²) < 4.78 is 26.3. The molecule has 0 saturated heterocycles. The van der Waals surface area contributed by atoms with Crippen molar-refractivity contribution >= 4 is 124 Å². The van der Waals surface area contributed by atoms with Gasteiger partial charge in [-0.1, -0.05) is 45.9 Å². The van der Waals surface area contributed by atoms with Crippen LogP contribution in [0.4, 0.5) is 0 Å². The summed E-state index contributed by atoms with van der Waals surface area (Å²) in [5.41, 5.74) is 2.03. The predicted molar refractivity (Wildman–Crippen MR) is 213 cm³/mol. The molecule has 46 heavy (non-hydrogen) atoms. The molecule has 16 heteroatoms. The maximum Gasteiger partial charge on any atom is 0.157 e. The van der Waals surface area contributed by atoms with Gasteiger partial charge in [-0.25, -0.2) is 9.97 Å². The lowest BCUT2D eigenvalue weighted by Crippen LogP contribution is -2.29. The zero-order valence-corrected chi connectivity index (χ0v) is 34.7. The van der Waals surface area contributed by atoms with Crippen LogP contribution >= 0.6 is 83.6 Å². The van der Waals surface area contributed by atoms with E-state index in [1.807, 2.05) is 61.4 Å². The van der Waals surface area contributed by atoms with Gasteiger partial charge in [0.05, 0.1) is 30.4 Å². The molecule has 4 unspecified atom stereocenters. The summed E-state index contributed by atoms with van der Waals surface area (Å²) in [4.78, 5) is 9.98. The topological polar surface area (TPSA) is 62.7 Å². The standard InChI is InChI=1S/C30H38N2O4S8Si2/c1-5-33-29(34-6-2)25(45)19(27-31-21-13-9-11-15-23(21)39-27)17-37-41-43-44-42-38-18-20(26(46)30(35-7-3)36-8-4)28-32-22-14-10-12-16-24(22)40-28/h9-16,19-20,25-26,29-30H,5-8,17-18H2,1-4H3. The number of rotatable bonds is 23. The van der Waals surface area contributed by atoms with Gasteiger partial charge in [0, 0.05) is 81.3 Å². The molecule has 0 aliphatic rings. The highest BCUT2D eigenvalue weighted by atomic mass is 33.9. The van der Waals surface area contributed by atoms with Gasteiger partial charge in [0.1, 0.15) is 0 Å². The number of ether oxygens (including phenoxy) is 4. The molecule has 0 aliphatic carbocycles. The summed E-state index contributed by atoms with van der Waals surface area (Å²) in [5, 5.41) is 2.20. The third kappa shape index (κ3) is 11.6. The number of nitrogens with zero attached hydrogens (tertiary/aromatic N) is 2. The number of hydrogen-bond donors (Lipinski definition) is 0. The van der Waals surface area contributed by atoms with E-state index in [0.717, 1.165) is 32.6 Å². The van der Waals surface area contributed by atoms with Gasteiger partial charge in [-0.05, 0) is 91.3 Å². The van der Waals surface area contributed by atoms with Gasteiger partial charge in [-0.2, -0.15) is 0 Å². The Morgan fingerprint density at radius 1 is 0.587 bits per heavy atom. The van der Waals surface area contributed by atoms with Crippen molar-refractivity contribution in [3.63, 3.8) is 0 Å². The van der Waals surface area contributed by atoms with Gasteiger partial charge < -0.3 is 18.9 Å². The summed E-state index contributed by atoms with van der Waals surface area (Å²) in [6.45, 7) is 10.4. The van der Waals surface area contributed by atoms with Crippen LogP contribution in [0.25, 0.3) is 20.4 Å². The second-order valence-electron chi connectivity index (χ2n) is 9.70. The Hall–Kier alpha value is 0.594. The van der Waals surface area contributed by atoms with E-state index >= 15 is 0 Å². The van der Waals surface area contributed by atoms with E-state index < -0.39 is 0 Å². The van der Waals surface area contributed by atoms with Crippen LogP contribution in [0.15, 0.2) is 48.5 Å². The molecule has 0 N–H and O–H groups in total. The highest BCUT2D eigenvalue weighted by Crippen LogP contribution is 2.55. The molecule has 2 heterocycles. The van der Waals surface area contributed by atoms with Gasteiger partial charge in [-0.15, -0.1) is 22.7 Å². The average molecular weight is 803 g/mol. The van der Waals surface area contributed by atoms with Crippen LogP contribution in [-0.4, -0.2) is 81.0 Å². The maximum atomic E-state index is 5.97. The third-order valence-electron chi connectivity index (χ3n) is 6.71.